The molecule has 5 heteroatoms. The monoisotopic (exact) mass is 247 g/mol. The summed E-state index contributed by atoms with van der Waals surface area (Å²) in [5, 5.41) is 10.3. The van der Waals surface area contributed by atoms with Gasteiger partial charge in [-0.1, -0.05) is 0 Å². The molecule has 1 rings (SSSR count). The normalized spacial score (nSPS) is 11.6. The molecular weight excluding hydrogens is 242 g/mol. The van der Waals surface area contributed by atoms with Gasteiger partial charge in [0, 0.05) is 9.35 Å². The minimum absolute atomic E-state index is 0.154. The van der Waals surface area contributed by atoms with Crippen molar-refractivity contribution < 1.29 is 9.90 Å². The summed E-state index contributed by atoms with van der Waals surface area (Å²) in [5.74, 6) is -1.10. The number of hydrogen-bond acceptors (Lipinski definition) is 3. The lowest BCUT2D eigenvalue weighted by atomic mass is 10.3. The van der Waals surface area contributed by atoms with Crippen molar-refractivity contribution in [3.8, 4) is 0 Å². The fraction of sp³-hybridized carbons (Fsp3) is 0. The van der Waals surface area contributed by atoms with Crippen LogP contribution in [0.15, 0.2) is 21.6 Å². The van der Waals surface area contributed by atoms with Gasteiger partial charge in [-0.05, 0) is 33.5 Å². The Kier molecular flexibility index (Phi) is 2.88. The van der Waals surface area contributed by atoms with E-state index < -0.39 is 5.97 Å². The molecule has 0 aliphatic carbocycles. The van der Waals surface area contributed by atoms with Gasteiger partial charge in [0.25, 0.3) is 0 Å². The van der Waals surface area contributed by atoms with Crippen molar-refractivity contribution in [2.24, 2.45) is 5.73 Å². The summed E-state index contributed by atoms with van der Waals surface area (Å²) in [6.07, 6.45) is 1.43. The third-order valence-corrected chi connectivity index (χ3v) is 3.00. The lowest BCUT2D eigenvalue weighted by molar-refractivity contribution is -0.132. The van der Waals surface area contributed by atoms with Crippen LogP contribution in [0.2, 0.25) is 0 Å². The Hall–Kier alpha value is -0.810. The van der Waals surface area contributed by atoms with Crippen molar-refractivity contribution in [3.05, 3.63) is 26.5 Å². The van der Waals surface area contributed by atoms with E-state index >= 15 is 0 Å². The minimum atomic E-state index is -1.10. The first kappa shape index (κ1) is 9.28. The molecule has 0 amide bonds. The summed E-state index contributed by atoms with van der Waals surface area (Å²) in [6.45, 7) is 0. The Morgan fingerprint density at radius 1 is 1.75 bits per heavy atom. The third kappa shape index (κ3) is 2.09. The quantitative estimate of drug-likeness (QED) is 0.785. The maximum Gasteiger partial charge on any atom is 0.351 e. The lowest BCUT2D eigenvalue weighted by Crippen LogP contribution is -2.08. The zero-order chi connectivity index (χ0) is 9.14. The molecule has 1 aromatic rings. The van der Waals surface area contributed by atoms with Crippen LogP contribution in [0, 0.1) is 0 Å². The molecular formula is C7H6BrNO2S. The summed E-state index contributed by atoms with van der Waals surface area (Å²) in [4.78, 5) is 11.1. The zero-order valence-electron chi connectivity index (χ0n) is 5.95. The van der Waals surface area contributed by atoms with Gasteiger partial charge in [-0.25, -0.2) is 4.79 Å². The topological polar surface area (TPSA) is 63.3 Å². The molecule has 0 saturated carbocycles. The van der Waals surface area contributed by atoms with Gasteiger partial charge in [0.1, 0.15) is 5.70 Å². The highest BCUT2D eigenvalue weighted by molar-refractivity contribution is 9.10. The van der Waals surface area contributed by atoms with Crippen molar-refractivity contribution in [2.75, 3.05) is 0 Å². The molecule has 1 aromatic heterocycles. The first-order chi connectivity index (χ1) is 5.61. The number of carbonyl (C=O) groups is 1. The fourth-order valence-electron chi connectivity index (χ4n) is 0.611. The van der Waals surface area contributed by atoms with Gasteiger partial charge >= 0.3 is 5.97 Å². The highest BCUT2D eigenvalue weighted by atomic mass is 79.9. The summed E-state index contributed by atoms with van der Waals surface area (Å²) >= 11 is 4.69. The van der Waals surface area contributed by atoms with Crippen LogP contribution in [0.5, 0.6) is 0 Å². The van der Waals surface area contributed by atoms with E-state index in [2.05, 4.69) is 15.9 Å². The third-order valence-electron chi connectivity index (χ3n) is 1.18. The van der Waals surface area contributed by atoms with Crippen LogP contribution in [0.3, 0.4) is 0 Å². The molecule has 1 heterocycles. The fourth-order valence-corrected chi connectivity index (χ4v) is 2.04. The van der Waals surface area contributed by atoms with E-state index in [1.54, 1.807) is 0 Å². The second-order valence-corrected chi connectivity index (χ2v) is 3.84. The van der Waals surface area contributed by atoms with Crippen molar-refractivity contribution in [1.82, 2.24) is 0 Å². The highest BCUT2D eigenvalue weighted by Gasteiger charge is 2.03. The van der Waals surface area contributed by atoms with E-state index in [0.717, 1.165) is 9.35 Å². The predicted molar refractivity (Wildman–Crippen MR) is 51.8 cm³/mol. The van der Waals surface area contributed by atoms with Crippen molar-refractivity contribution >= 4 is 39.3 Å². The lowest BCUT2D eigenvalue weighted by Gasteiger charge is -1.91. The van der Waals surface area contributed by atoms with E-state index in [1.165, 1.54) is 17.4 Å². The molecule has 0 spiro atoms. The number of halogens is 1. The number of aliphatic carboxylic acids is 1. The molecule has 0 atom stereocenters. The van der Waals surface area contributed by atoms with Crippen molar-refractivity contribution in [3.63, 3.8) is 0 Å². The Bertz CT molecular complexity index is 332. The number of carboxylic acid groups (broad SMARTS) is 1. The molecule has 0 radical (unpaired) electrons. The number of nitrogens with two attached hydrogens (primary N) is 1. The van der Waals surface area contributed by atoms with Crippen LogP contribution < -0.4 is 5.73 Å². The number of hydrogen-bond donors (Lipinski definition) is 2. The van der Waals surface area contributed by atoms with E-state index in [9.17, 15) is 4.79 Å². The molecule has 0 fully saturated rings. The van der Waals surface area contributed by atoms with Crippen molar-refractivity contribution in [1.29, 1.82) is 0 Å². The molecule has 0 bridgehead atoms. The smallest absolute Gasteiger partial charge is 0.351 e. The Balaban J connectivity index is 2.95. The summed E-state index contributed by atoms with van der Waals surface area (Å²) in [6, 6.07) is 1.84. The summed E-state index contributed by atoms with van der Waals surface area (Å²) in [7, 11) is 0. The molecule has 3 nitrogen and oxygen atoms in total. The second kappa shape index (κ2) is 3.73. The Labute approximate surface area is 81.6 Å². The molecule has 3 N–H and O–H groups in total. The average molecular weight is 248 g/mol. The highest BCUT2D eigenvalue weighted by Crippen LogP contribution is 2.24. The second-order valence-electron chi connectivity index (χ2n) is 2.04. The first-order valence-electron chi connectivity index (χ1n) is 3.04. The van der Waals surface area contributed by atoms with E-state index in [-0.39, 0.29) is 5.70 Å². The van der Waals surface area contributed by atoms with E-state index in [0.29, 0.717) is 0 Å². The van der Waals surface area contributed by atoms with E-state index in [1.807, 2.05) is 11.4 Å². The predicted octanol–water partition coefficient (Wildman–Crippen LogP) is 1.89. The Morgan fingerprint density at radius 2 is 2.42 bits per heavy atom. The average Bonchev–Trinajstić information content (AvgIpc) is 2.36. The Morgan fingerprint density at radius 3 is 2.83 bits per heavy atom. The van der Waals surface area contributed by atoms with Gasteiger partial charge in [-0.15, -0.1) is 11.3 Å². The number of thiophene rings is 1. The molecule has 0 unspecified atom stereocenters. The van der Waals surface area contributed by atoms with Gasteiger partial charge in [-0.2, -0.15) is 0 Å². The number of carboxylic acids is 1. The van der Waals surface area contributed by atoms with Gasteiger partial charge < -0.3 is 10.8 Å². The summed E-state index contributed by atoms with van der Waals surface area (Å²) in [5.41, 5.74) is 5.07. The summed E-state index contributed by atoms with van der Waals surface area (Å²) < 4.78 is 0.858. The van der Waals surface area contributed by atoms with Gasteiger partial charge in [0.15, 0.2) is 0 Å². The van der Waals surface area contributed by atoms with Gasteiger partial charge in [-0.3, -0.25) is 0 Å². The SMILES string of the molecule is N/C(=C/c1sccc1Br)C(=O)O. The van der Waals surface area contributed by atoms with Crippen LogP contribution in [-0.4, -0.2) is 11.1 Å². The van der Waals surface area contributed by atoms with Crippen LogP contribution in [0.1, 0.15) is 4.88 Å². The van der Waals surface area contributed by atoms with E-state index in [4.69, 9.17) is 10.8 Å². The van der Waals surface area contributed by atoms with Crippen LogP contribution in [0.4, 0.5) is 0 Å². The largest absolute Gasteiger partial charge is 0.477 e. The molecule has 0 saturated heterocycles. The molecule has 0 aromatic carbocycles. The van der Waals surface area contributed by atoms with Gasteiger partial charge in [0.05, 0.1) is 0 Å². The first-order valence-corrected chi connectivity index (χ1v) is 4.72. The molecule has 64 valence electrons. The van der Waals surface area contributed by atoms with Crippen LogP contribution in [0.25, 0.3) is 6.08 Å². The standard InChI is InChI=1S/C7H6BrNO2S/c8-4-1-2-12-6(4)3-5(9)7(10)11/h1-3H,9H2,(H,10,11)/b5-3+. The maximum absolute atomic E-state index is 10.3. The van der Waals surface area contributed by atoms with Crippen molar-refractivity contribution in [2.45, 2.75) is 0 Å². The van der Waals surface area contributed by atoms with Crippen LogP contribution >= 0.6 is 27.3 Å². The minimum Gasteiger partial charge on any atom is -0.477 e. The maximum atomic E-state index is 10.3. The molecule has 0 aliphatic rings. The molecule has 0 aliphatic heterocycles. The van der Waals surface area contributed by atoms with Crippen LogP contribution in [-0.2, 0) is 4.79 Å². The zero-order valence-corrected chi connectivity index (χ0v) is 8.35. The molecule has 12 heavy (non-hydrogen) atoms. The van der Waals surface area contributed by atoms with Gasteiger partial charge in [0.2, 0.25) is 0 Å². The number of rotatable bonds is 2.